The van der Waals surface area contributed by atoms with Crippen LogP contribution in [0.1, 0.15) is 12.0 Å². The molecule has 2 N–H and O–H groups in total. The minimum absolute atomic E-state index is 0.613. The predicted molar refractivity (Wildman–Crippen MR) is 83.7 cm³/mol. The van der Waals surface area contributed by atoms with Gasteiger partial charge in [-0.05, 0) is 41.0 Å². The fraction of sp³-hybridized carbons (Fsp3) is 0.0588. The Morgan fingerprint density at radius 3 is 2.65 bits per heavy atom. The molecule has 1 aromatic carbocycles. The van der Waals surface area contributed by atoms with Gasteiger partial charge in [-0.3, -0.25) is 4.98 Å². The molecule has 3 heteroatoms. The average molecular weight is 261 g/mol. The first-order chi connectivity index (χ1) is 9.76. The maximum atomic E-state index is 5.96. The highest BCUT2D eigenvalue weighted by molar-refractivity contribution is 5.91. The first-order valence-corrected chi connectivity index (χ1v) is 6.47. The van der Waals surface area contributed by atoms with E-state index in [1.54, 1.807) is 12.4 Å². The SMILES string of the molecule is C=CC1=Cc2ccc(-c3ccncc3)cc2N=C(N)C1. The molecule has 0 aliphatic carbocycles. The van der Waals surface area contributed by atoms with Crippen molar-refractivity contribution in [3.63, 3.8) is 0 Å². The van der Waals surface area contributed by atoms with E-state index in [0.717, 1.165) is 28.0 Å². The Kier molecular flexibility index (Phi) is 3.17. The Balaban J connectivity index is 2.12. The maximum absolute atomic E-state index is 5.96. The molecule has 0 amide bonds. The Morgan fingerprint density at radius 2 is 1.90 bits per heavy atom. The van der Waals surface area contributed by atoms with E-state index in [9.17, 15) is 0 Å². The van der Waals surface area contributed by atoms with E-state index in [4.69, 9.17) is 5.73 Å². The quantitative estimate of drug-likeness (QED) is 0.895. The molecule has 0 saturated heterocycles. The molecule has 98 valence electrons. The third-order valence-corrected chi connectivity index (χ3v) is 3.30. The van der Waals surface area contributed by atoms with Gasteiger partial charge in [0, 0.05) is 24.4 Å². The molecule has 2 heterocycles. The summed E-state index contributed by atoms with van der Waals surface area (Å²) in [5.41, 5.74) is 11.2. The van der Waals surface area contributed by atoms with E-state index in [2.05, 4.69) is 40.8 Å². The van der Waals surface area contributed by atoms with E-state index in [1.807, 2.05) is 18.2 Å². The smallest absolute Gasteiger partial charge is 0.104 e. The summed E-state index contributed by atoms with van der Waals surface area (Å²) in [7, 11) is 0. The summed E-state index contributed by atoms with van der Waals surface area (Å²) in [6, 6.07) is 10.2. The summed E-state index contributed by atoms with van der Waals surface area (Å²) in [4.78, 5) is 8.54. The number of rotatable bonds is 2. The molecular weight excluding hydrogens is 246 g/mol. The molecule has 2 aromatic rings. The minimum Gasteiger partial charge on any atom is -0.387 e. The zero-order valence-corrected chi connectivity index (χ0v) is 11.1. The van der Waals surface area contributed by atoms with Crippen molar-refractivity contribution in [1.29, 1.82) is 0 Å². The largest absolute Gasteiger partial charge is 0.387 e. The third-order valence-electron chi connectivity index (χ3n) is 3.30. The highest BCUT2D eigenvalue weighted by Crippen LogP contribution is 2.31. The molecule has 1 aliphatic heterocycles. The van der Waals surface area contributed by atoms with Gasteiger partial charge in [-0.2, -0.15) is 0 Å². The number of hydrogen-bond donors (Lipinski definition) is 1. The van der Waals surface area contributed by atoms with E-state index in [1.165, 1.54) is 0 Å². The number of fused-ring (bicyclic) bond motifs is 1. The number of pyridine rings is 1. The fourth-order valence-electron chi connectivity index (χ4n) is 2.27. The van der Waals surface area contributed by atoms with Crippen LogP contribution in [0.5, 0.6) is 0 Å². The molecule has 1 aromatic heterocycles. The highest BCUT2D eigenvalue weighted by Gasteiger charge is 2.09. The van der Waals surface area contributed by atoms with Crippen molar-refractivity contribution in [2.24, 2.45) is 10.7 Å². The third kappa shape index (κ3) is 2.38. The Bertz CT molecular complexity index is 712. The zero-order chi connectivity index (χ0) is 13.9. The maximum Gasteiger partial charge on any atom is 0.104 e. The number of aromatic nitrogens is 1. The van der Waals surface area contributed by atoms with Crippen LogP contribution in [0.4, 0.5) is 5.69 Å². The van der Waals surface area contributed by atoms with E-state index in [0.29, 0.717) is 12.3 Å². The van der Waals surface area contributed by atoms with Gasteiger partial charge in [-0.1, -0.05) is 24.8 Å². The molecule has 0 unspecified atom stereocenters. The number of benzene rings is 1. The summed E-state index contributed by atoms with van der Waals surface area (Å²) in [5, 5.41) is 0. The molecule has 20 heavy (non-hydrogen) atoms. The molecule has 1 aliphatic rings. The van der Waals surface area contributed by atoms with Crippen molar-refractivity contribution in [2.75, 3.05) is 0 Å². The minimum atomic E-state index is 0.613. The van der Waals surface area contributed by atoms with Gasteiger partial charge in [-0.25, -0.2) is 4.99 Å². The number of nitrogens with zero attached hydrogens (tertiary/aromatic N) is 2. The number of amidine groups is 1. The molecular formula is C17H15N3. The van der Waals surface area contributed by atoms with Crippen molar-refractivity contribution < 1.29 is 0 Å². The lowest BCUT2D eigenvalue weighted by Gasteiger charge is -2.05. The topological polar surface area (TPSA) is 51.3 Å². The van der Waals surface area contributed by atoms with Gasteiger partial charge in [0.2, 0.25) is 0 Å². The summed E-state index contributed by atoms with van der Waals surface area (Å²) >= 11 is 0. The number of hydrogen-bond acceptors (Lipinski definition) is 3. The molecule has 0 atom stereocenters. The summed E-state index contributed by atoms with van der Waals surface area (Å²) in [5.74, 6) is 0.613. The second-order valence-corrected chi connectivity index (χ2v) is 4.71. The number of aliphatic imine (C=N–C) groups is 1. The van der Waals surface area contributed by atoms with Gasteiger partial charge >= 0.3 is 0 Å². The van der Waals surface area contributed by atoms with E-state index >= 15 is 0 Å². The number of nitrogens with two attached hydrogens (primary N) is 1. The lowest BCUT2D eigenvalue weighted by Crippen LogP contribution is -2.10. The second kappa shape index (κ2) is 5.13. The van der Waals surface area contributed by atoms with E-state index < -0.39 is 0 Å². The first-order valence-electron chi connectivity index (χ1n) is 6.47. The van der Waals surface area contributed by atoms with Gasteiger partial charge in [0.1, 0.15) is 5.84 Å². The highest BCUT2D eigenvalue weighted by atomic mass is 14.9. The molecule has 0 spiro atoms. The molecule has 0 fully saturated rings. The molecule has 3 nitrogen and oxygen atoms in total. The lowest BCUT2D eigenvalue weighted by atomic mass is 10.0. The van der Waals surface area contributed by atoms with E-state index in [-0.39, 0.29) is 0 Å². The molecule has 0 radical (unpaired) electrons. The first kappa shape index (κ1) is 12.4. The van der Waals surface area contributed by atoms with Gasteiger partial charge < -0.3 is 5.73 Å². The second-order valence-electron chi connectivity index (χ2n) is 4.71. The van der Waals surface area contributed by atoms with Gasteiger partial charge in [-0.15, -0.1) is 0 Å². The van der Waals surface area contributed by atoms with Crippen molar-refractivity contribution in [3.05, 3.63) is 66.5 Å². The van der Waals surface area contributed by atoms with Crippen molar-refractivity contribution in [2.45, 2.75) is 6.42 Å². The van der Waals surface area contributed by atoms with Crippen LogP contribution in [0.3, 0.4) is 0 Å². The van der Waals surface area contributed by atoms with Crippen LogP contribution in [-0.2, 0) is 0 Å². The number of allylic oxidation sites excluding steroid dienone is 1. The van der Waals surface area contributed by atoms with Gasteiger partial charge in [0.25, 0.3) is 0 Å². The summed E-state index contributed by atoms with van der Waals surface area (Å²) in [6.45, 7) is 3.81. The fourth-order valence-corrected chi connectivity index (χ4v) is 2.27. The van der Waals surface area contributed by atoms with Crippen LogP contribution in [0.2, 0.25) is 0 Å². The normalized spacial score (nSPS) is 13.8. The lowest BCUT2D eigenvalue weighted by molar-refractivity contribution is 1.32. The van der Waals surface area contributed by atoms with Crippen LogP contribution in [0.25, 0.3) is 17.2 Å². The Morgan fingerprint density at radius 1 is 1.10 bits per heavy atom. The van der Waals surface area contributed by atoms with Crippen molar-refractivity contribution in [3.8, 4) is 11.1 Å². The van der Waals surface area contributed by atoms with Gasteiger partial charge in [0.15, 0.2) is 0 Å². The van der Waals surface area contributed by atoms with Crippen LogP contribution in [-0.4, -0.2) is 10.8 Å². The molecule has 0 saturated carbocycles. The van der Waals surface area contributed by atoms with Crippen LogP contribution in [0.15, 0.2) is 65.9 Å². The Hall–Kier alpha value is -2.68. The average Bonchev–Trinajstić information content (AvgIpc) is 2.64. The van der Waals surface area contributed by atoms with Crippen LogP contribution >= 0.6 is 0 Å². The predicted octanol–water partition coefficient (Wildman–Crippen LogP) is 3.71. The Labute approximate surface area is 118 Å². The van der Waals surface area contributed by atoms with Crippen molar-refractivity contribution >= 4 is 17.6 Å². The standard InChI is InChI=1S/C17H15N3/c1-2-12-9-15-4-3-14(13-5-7-19-8-6-13)11-16(15)20-17(18)10-12/h2-9,11H,1,10H2,(H2,18,20). The monoisotopic (exact) mass is 261 g/mol. The zero-order valence-electron chi connectivity index (χ0n) is 11.1. The van der Waals surface area contributed by atoms with Crippen LogP contribution < -0.4 is 5.73 Å². The van der Waals surface area contributed by atoms with Gasteiger partial charge in [0.05, 0.1) is 5.69 Å². The summed E-state index contributed by atoms with van der Waals surface area (Å²) < 4.78 is 0. The van der Waals surface area contributed by atoms with Crippen molar-refractivity contribution in [1.82, 2.24) is 4.98 Å². The molecule has 3 rings (SSSR count). The van der Waals surface area contributed by atoms with Crippen LogP contribution in [0, 0.1) is 0 Å². The summed E-state index contributed by atoms with van der Waals surface area (Å²) in [6.07, 6.45) is 8.13. The molecule has 0 bridgehead atoms.